The van der Waals surface area contributed by atoms with Crippen molar-refractivity contribution in [1.29, 1.82) is 0 Å². The molecule has 18 heteroatoms. The number of halogens is 7. The molecule has 0 saturated carbocycles. The number of nitrogens with zero attached hydrogens (tertiary/aromatic N) is 6. The summed E-state index contributed by atoms with van der Waals surface area (Å²) in [7, 11) is 7.11. The molecule has 2 heterocycles. The Hall–Kier alpha value is -1.95. The summed E-state index contributed by atoms with van der Waals surface area (Å²) >= 11 is 33.3. The zero-order valence-electron chi connectivity index (χ0n) is 25.9. The van der Waals surface area contributed by atoms with Gasteiger partial charge in [0, 0.05) is 0 Å². The first-order chi connectivity index (χ1) is 23.0. The zero-order valence-corrected chi connectivity index (χ0v) is 34.2. The Balaban J connectivity index is 1.47. The Morgan fingerprint density at radius 2 is 1.02 bits per heavy atom. The molecule has 0 aliphatic carbocycles. The molecule has 0 fully saturated rings. The van der Waals surface area contributed by atoms with Crippen LogP contribution in [0.4, 0.5) is 9.59 Å². The third-order valence-electron chi connectivity index (χ3n) is 7.07. The van der Waals surface area contributed by atoms with Crippen LogP contribution >= 0.6 is 79.3 Å². The standard InChI is InChI=1S/2C15H15Cl3N3O2.ClH.Zn/c2*1-2-4-20(15(22)21-5-3-19-10-21)6-7-23-14-12(17)8-11(16)9-13(14)18;;/h2*3,5,8-9H,2,4,6-7H2,1H3;1H;/q;;;+1/p-1. The molecule has 10 nitrogen and oxygen atoms in total. The number of aromatic nitrogens is 4. The second-order valence-electron chi connectivity index (χ2n) is 10.5. The van der Waals surface area contributed by atoms with Crippen LogP contribution in [-0.2, 0) is 15.0 Å². The molecule has 0 unspecified atom stereocenters. The summed E-state index contributed by atoms with van der Waals surface area (Å²) in [6, 6.07) is 5.45. The second-order valence-corrected chi connectivity index (χ2v) is 20.3. The summed E-state index contributed by atoms with van der Waals surface area (Å²) < 4.78 is 15.3. The molecule has 0 aliphatic heterocycles. The molecule has 2 aromatic heterocycles. The number of amides is 2. The van der Waals surface area contributed by atoms with Gasteiger partial charge in [0.05, 0.1) is 0 Å². The van der Waals surface area contributed by atoms with Gasteiger partial charge in [-0.05, 0) is 0 Å². The fourth-order valence-corrected chi connectivity index (χ4v) is 12.8. The average Bonchev–Trinajstić information content (AvgIpc) is 3.72. The van der Waals surface area contributed by atoms with E-state index in [2.05, 4.69) is 9.97 Å². The van der Waals surface area contributed by atoms with E-state index < -0.39 is 15.0 Å². The Bertz CT molecular complexity index is 1570. The van der Waals surface area contributed by atoms with E-state index in [0.717, 1.165) is 0 Å². The van der Waals surface area contributed by atoms with Gasteiger partial charge in [0.2, 0.25) is 0 Å². The van der Waals surface area contributed by atoms with Crippen molar-refractivity contribution in [2.75, 3.05) is 39.4 Å². The van der Waals surface area contributed by atoms with Crippen LogP contribution in [0, 0.1) is 0 Å². The summed E-state index contributed by atoms with van der Waals surface area (Å²) in [5.74, 6) is 0.564. The fourth-order valence-electron chi connectivity index (χ4n) is 4.92. The Morgan fingerprint density at radius 1 is 0.667 bits per heavy atom. The number of hydrogen-bond donors (Lipinski definition) is 0. The number of imidazole rings is 2. The normalized spacial score (nSPS) is 11.0. The van der Waals surface area contributed by atoms with Gasteiger partial charge in [0.1, 0.15) is 0 Å². The van der Waals surface area contributed by atoms with Crippen LogP contribution in [0.25, 0.3) is 0 Å². The van der Waals surface area contributed by atoms with Crippen molar-refractivity contribution >= 4 is 100 Å². The van der Waals surface area contributed by atoms with Gasteiger partial charge < -0.3 is 0 Å². The van der Waals surface area contributed by atoms with Crippen LogP contribution < -0.4 is 18.3 Å². The summed E-state index contributed by atoms with van der Waals surface area (Å²) in [6.07, 6.45) is 7.52. The molecule has 0 bridgehead atoms. The molecule has 4 aromatic rings. The molecular formula is C30H30Cl7N6O4Zn. The number of carbonyl (C=O) groups is 2. The van der Waals surface area contributed by atoms with Crippen molar-refractivity contribution in [1.82, 2.24) is 28.9 Å². The molecule has 255 valence electrons. The summed E-state index contributed by atoms with van der Waals surface area (Å²) in [5.41, 5.74) is 0. The van der Waals surface area contributed by atoms with Crippen LogP contribution in [0.5, 0.6) is 11.5 Å². The molecular weight excluding hydrogens is 822 g/mol. The molecule has 48 heavy (non-hydrogen) atoms. The van der Waals surface area contributed by atoms with E-state index in [9.17, 15) is 9.59 Å². The summed E-state index contributed by atoms with van der Waals surface area (Å²) in [5, 5.41) is 1.83. The third kappa shape index (κ3) is 9.64. The van der Waals surface area contributed by atoms with Crippen molar-refractivity contribution < 1.29 is 34.0 Å². The number of ether oxygens (including phenoxy) is 2. The van der Waals surface area contributed by atoms with Crippen molar-refractivity contribution in [3.8, 4) is 11.5 Å². The maximum atomic E-state index is 13.8. The molecule has 0 aliphatic rings. The van der Waals surface area contributed by atoms with Gasteiger partial charge in [-0.2, -0.15) is 0 Å². The Morgan fingerprint density at radius 3 is 1.35 bits per heavy atom. The monoisotopic (exact) mass is 847 g/mol. The molecule has 0 spiro atoms. The Kier molecular flexibility index (Phi) is 14.8. The predicted octanol–water partition coefficient (Wildman–Crippen LogP) is 8.24. The molecule has 0 radical (unpaired) electrons. The van der Waals surface area contributed by atoms with E-state index in [4.69, 9.17) is 88.8 Å². The van der Waals surface area contributed by atoms with Gasteiger partial charge in [-0.25, -0.2) is 0 Å². The van der Waals surface area contributed by atoms with Gasteiger partial charge in [-0.15, -0.1) is 0 Å². The average molecular weight is 852 g/mol. The quantitative estimate of drug-likeness (QED) is 0.119. The van der Waals surface area contributed by atoms with Gasteiger partial charge in [-0.1, -0.05) is 0 Å². The molecule has 2 amide bonds. The van der Waals surface area contributed by atoms with Crippen LogP contribution in [0.15, 0.2) is 49.1 Å². The van der Waals surface area contributed by atoms with E-state index >= 15 is 0 Å². The number of rotatable bonds is 14. The van der Waals surface area contributed by atoms with Crippen molar-refractivity contribution in [3.63, 3.8) is 0 Å². The zero-order chi connectivity index (χ0) is 35.0. The molecule has 4 rings (SSSR count). The molecule has 0 N–H and O–H groups in total. The van der Waals surface area contributed by atoms with Crippen LogP contribution in [0.2, 0.25) is 30.1 Å². The predicted molar refractivity (Wildman–Crippen MR) is 189 cm³/mol. The van der Waals surface area contributed by atoms with E-state index in [-0.39, 0.29) is 70.0 Å². The first-order valence-corrected chi connectivity index (χ1v) is 24.1. The number of benzene rings is 2. The Labute approximate surface area is 317 Å². The van der Waals surface area contributed by atoms with E-state index in [0.29, 0.717) is 44.8 Å². The van der Waals surface area contributed by atoms with Gasteiger partial charge in [0.25, 0.3) is 0 Å². The van der Waals surface area contributed by atoms with E-state index in [1.807, 2.05) is 13.8 Å². The first-order valence-electron chi connectivity index (χ1n) is 15.0. The summed E-state index contributed by atoms with van der Waals surface area (Å²) in [6.45, 7) is 5.51. The fraction of sp³-hybridized carbons (Fsp3) is 0.333. The molecule has 0 saturated heterocycles. The van der Waals surface area contributed by atoms with Crippen LogP contribution in [0.3, 0.4) is 0 Å². The third-order valence-corrected chi connectivity index (χ3v) is 15.6. The molecule has 0 atom stereocenters. The van der Waals surface area contributed by atoms with E-state index in [1.165, 1.54) is 45.8 Å². The number of hydrogen-bond acceptors (Lipinski definition) is 6. The van der Waals surface area contributed by atoms with Crippen LogP contribution in [0.1, 0.15) is 26.7 Å². The van der Waals surface area contributed by atoms with Crippen molar-refractivity contribution in [2.45, 2.75) is 26.7 Å². The maximum absolute atomic E-state index is 13.8. The number of carbonyl (C=O) groups excluding carboxylic acids is 2. The van der Waals surface area contributed by atoms with Gasteiger partial charge in [-0.3, -0.25) is 0 Å². The van der Waals surface area contributed by atoms with Crippen molar-refractivity contribution in [2.24, 2.45) is 0 Å². The minimum absolute atomic E-state index is 0.122. The SMILES string of the molecule is CCCN(CCOc1c(Cl)cc(Cl)cc1Cl)C(=O)n1ccn[c]1[Zn]([Cl])[c]1nccn1C(=O)N(CCC)CCOc1c(Cl)cc(Cl)cc1Cl. The van der Waals surface area contributed by atoms with Crippen molar-refractivity contribution in [3.05, 3.63) is 79.2 Å². The van der Waals surface area contributed by atoms with E-state index in [1.54, 1.807) is 22.2 Å². The van der Waals surface area contributed by atoms with Gasteiger partial charge >= 0.3 is 320 Å². The van der Waals surface area contributed by atoms with Gasteiger partial charge in [0.15, 0.2) is 0 Å². The second kappa shape index (κ2) is 18.3. The summed E-state index contributed by atoms with van der Waals surface area (Å²) in [4.78, 5) is 39.7. The first kappa shape index (κ1) is 38.8. The molecule has 2 aromatic carbocycles. The van der Waals surface area contributed by atoms with Crippen LogP contribution in [-0.4, -0.2) is 80.4 Å². The topological polar surface area (TPSA) is 94.7 Å². The minimum atomic E-state index is -3.67.